The molecule has 1 amide bonds. The highest BCUT2D eigenvalue weighted by molar-refractivity contribution is 7.90. The number of benzene rings is 1. The van der Waals surface area contributed by atoms with E-state index in [0.29, 0.717) is 5.69 Å². The molecule has 30 heavy (non-hydrogen) atoms. The van der Waals surface area contributed by atoms with Crippen LogP contribution in [0.25, 0.3) is 0 Å². The molecule has 2 rings (SSSR count). The number of anilines is 1. The van der Waals surface area contributed by atoms with Crippen molar-refractivity contribution in [1.82, 2.24) is 9.62 Å². The summed E-state index contributed by atoms with van der Waals surface area (Å²) in [6, 6.07) is 4.07. The molecule has 0 aliphatic carbocycles. The standard InChI is InChI=1S/C19H28F2N4O4S/c1-19(2,3)29-18(26)24-17-23-11-15(30(27,28)25(17)4)10-13(20)6-5-12-9-14(22)7-8-16(12)21/h7-9,13,15H,5-6,10-11,22H2,1-4H3,(H,23,24,26). The lowest BCUT2D eigenvalue weighted by Gasteiger charge is -2.33. The maximum absolute atomic E-state index is 14.5. The third-order valence-corrected chi connectivity index (χ3v) is 6.63. The van der Waals surface area contributed by atoms with Gasteiger partial charge in [0, 0.05) is 19.3 Å². The van der Waals surface area contributed by atoms with Crippen molar-refractivity contribution in [2.24, 2.45) is 4.99 Å². The summed E-state index contributed by atoms with van der Waals surface area (Å²) in [4.78, 5) is 15.5. The molecule has 1 saturated heterocycles. The minimum absolute atomic E-state index is 0.0467. The van der Waals surface area contributed by atoms with E-state index >= 15 is 0 Å². The van der Waals surface area contributed by atoms with Crippen LogP contribution < -0.4 is 11.1 Å². The van der Waals surface area contributed by atoms with Crippen LogP contribution in [-0.4, -0.2) is 55.4 Å². The summed E-state index contributed by atoms with van der Waals surface area (Å²) >= 11 is 0. The smallest absolute Gasteiger partial charge is 0.437 e. The lowest BCUT2D eigenvalue weighted by atomic mass is 10.0. The largest absolute Gasteiger partial charge is 0.442 e. The number of hydrogen-bond donors (Lipinski definition) is 2. The summed E-state index contributed by atoms with van der Waals surface area (Å²) in [6.07, 6.45) is -2.62. The van der Waals surface area contributed by atoms with Gasteiger partial charge < -0.3 is 15.8 Å². The molecular formula is C19H28F2N4O4S. The first-order valence-electron chi connectivity index (χ1n) is 9.51. The number of nitrogens with one attached hydrogen (secondary N) is 1. The van der Waals surface area contributed by atoms with Crippen LogP contribution in [0, 0.1) is 5.82 Å². The molecule has 0 radical (unpaired) electrons. The molecule has 11 heteroatoms. The molecular weight excluding hydrogens is 418 g/mol. The SMILES string of the molecule is CN1/C(=N/C(=O)OC(C)(C)C)NCC(CC(F)CCc2cc(N)ccc2F)S1(=O)=O. The van der Waals surface area contributed by atoms with Gasteiger partial charge >= 0.3 is 6.09 Å². The second-order valence-corrected chi connectivity index (χ2v) is 10.4. The van der Waals surface area contributed by atoms with Crippen LogP contribution in [0.5, 0.6) is 0 Å². The molecule has 1 fully saturated rings. The number of carbonyl (C=O) groups is 1. The zero-order valence-electron chi connectivity index (χ0n) is 17.5. The first kappa shape index (κ1) is 23.8. The Morgan fingerprint density at radius 3 is 2.73 bits per heavy atom. The highest BCUT2D eigenvalue weighted by Crippen LogP contribution is 2.22. The molecule has 8 nitrogen and oxygen atoms in total. The van der Waals surface area contributed by atoms with Gasteiger partial charge in [-0.3, -0.25) is 0 Å². The number of nitrogen functional groups attached to an aromatic ring is 1. The summed E-state index contributed by atoms with van der Waals surface area (Å²) < 4.78 is 59.5. The van der Waals surface area contributed by atoms with Gasteiger partial charge in [-0.05, 0) is 63.8 Å². The number of halogens is 2. The van der Waals surface area contributed by atoms with Gasteiger partial charge in [0.05, 0.1) is 0 Å². The van der Waals surface area contributed by atoms with Crippen LogP contribution in [0.4, 0.5) is 19.3 Å². The highest BCUT2D eigenvalue weighted by Gasteiger charge is 2.38. The normalized spacial score (nSPS) is 21.2. The zero-order chi connectivity index (χ0) is 22.7. The Hall–Kier alpha value is -2.43. The number of nitrogens with zero attached hydrogens (tertiary/aromatic N) is 2. The summed E-state index contributed by atoms with van der Waals surface area (Å²) in [5.74, 6) is -0.663. The molecule has 1 heterocycles. The van der Waals surface area contributed by atoms with E-state index in [2.05, 4.69) is 10.3 Å². The number of hydrogen-bond acceptors (Lipinski definition) is 5. The van der Waals surface area contributed by atoms with Gasteiger partial charge in [0.25, 0.3) is 0 Å². The molecule has 0 aromatic heterocycles. The molecule has 1 aromatic carbocycles. The third kappa shape index (κ3) is 6.28. The van der Waals surface area contributed by atoms with Crippen molar-refractivity contribution in [3.63, 3.8) is 0 Å². The predicted molar refractivity (Wildman–Crippen MR) is 111 cm³/mol. The molecule has 1 aliphatic heterocycles. The van der Waals surface area contributed by atoms with E-state index < -0.39 is 39.0 Å². The van der Waals surface area contributed by atoms with Crippen molar-refractivity contribution in [3.8, 4) is 0 Å². The average molecular weight is 447 g/mol. The van der Waals surface area contributed by atoms with Crippen molar-refractivity contribution in [2.45, 2.75) is 57.1 Å². The van der Waals surface area contributed by atoms with Gasteiger partial charge in [-0.15, -0.1) is 4.99 Å². The Kier molecular flexibility index (Phi) is 7.27. The van der Waals surface area contributed by atoms with E-state index in [0.717, 1.165) is 4.31 Å². The van der Waals surface area contributed by atoms with Crippen molar-refractivity contribution in [3.05, 3.63) is 29.6 Å². The summed E-state index contributed by atoms with van der Waals surface area (Å²) in [6.45, 7) is 4.87. The number of sulfonamides is 1. The Balaban J connectivity index is 2.00. The van der Waals surface area contributed by atoms with Crippen LogP contribution >= 0.6 is 0 Å². The number of aryl methyl sites for hydroxylation is 1. The summed E-state index contributed by atoms with van der Waals surface area (Å²) in [7, 11) is -2.71. The quantitative estimate of drug-likeness (QED) is 0.672. The van der Waals surface area contributed by atoms with Gasteiger partial charge in [0.15, 0.2) is 0 Å². The number of rotatable bonds is 5. The fraction of sp³-hybridized carbons (Fsp3) is 0.579. The molecule has 1 aliphatic rings. The molecule has 168 valence electrons. The summed E-state index contributed by atoms with van der Waals surface area (Å²) in [5, 5.41) is 1.68. The number of carbonyl (C=O) groups excluding carboxylic acids is 1. The fourth-order valence-corrected chi connectivity index (χ4v) is 4.49. The summed E-state index contributed by atoms with van der Waals surface area (Å²) in [5.41, 5.74) is 5.50. The van der Waals surface area contributed by atoms with E-state index in [9.17, 15) is 22.0 Å². The first-order chi connectivity index (χ1) is 13.8. The zero-order valence-corrected chi connectivity index (χ0v) is 18.3. The lowest BCUT2D eigenvalue weighted by molar-refractivity contribution is 0.0602. The number of alkyl halides is 1. The maximum atomic E-state index is 14.5. The number of aliphatic imine (C=N–C) groups is 1. The molecule has 1 aromatic rings. The van der Waals surface area contributed by atoms with Gasteiger partial charge in [0.1, 0.15) is 22.8 Å². The van der Waals surface area contributed by atoms with E-state index in [4.69, 9.17) is 10.5 Å². The second-order valence-electron chi connectivity index (χ2n) is 8.15. The van der Waals surface area contributed by atoms with Crippen molar-refractivity contribution < 1.29 is 26.7 Å². The number of guanidine groups is 1. The minimum Gasteiger partial charge on any atom is -0.442 e. The fourth-order valence-electron chi connectivity index (χ4n) is 2.95. The molecule has 0 spiro atoms. The lowest BCUT2D eigenvalue weighted by Crippen LogP contribution is -2.56. The van der Waals surface area contributed by atoms with Crippen molar-refractivity contribution in [1.29, 1.82) is 0 Å². The van der Waals surface area contributed by atoms with Gasteiger partial charge in [0.2, 0.25) is 16.0 Å². The van der Waals surface area contributed by atoms with Crippen LogP contribution in [0.1, 0.15) is 39.2 Å². The Labute approximate surface area is 175 Å². The molecule has 0 saturated carbocycles. The van der Waals surface area contributed by atoms with E-state index in [1.165, 1.54) is 25.2 Å². The number of ether oxygens (including phenoxy) is 1. The Morgan fingerprint density at radius 2 is 2.10 bits per heavy atom. The number of amides is 1. The third-order valence-electron chi connectivity index (χ3n) is 4.50. The second kappa shape index (κ2) is 9.15. The molecule has 3 N–H and O–H groups in total. The van der Waals surface area contributed by atoms with E-state index in [1.807, 2.05) is 0 Å². The van der Waals surface area contributed by atoms with Crippen LogP contribution in [-0.2, 0) is 21.2 Å². The van der Waals surface area contributed by atoms with Crippen LogP contribution in [0.3, 0.4) is 0 Å². The van der Waals surface area contributed by atoms with Crippen LogP contribution in [0.15, 0.2) is 23.2 Å². The molecule has 2 atom stereocenters. The maximum Gasteiger partial charge on any atom is 0.437 e. The monoisotopic (exact) mass is 446 g/mol. The molecule has 2 unspecified atom stereocenters. The Morgan fingerprint density at radius 1 is 1.43 bits per heavy atom. The van der Waals surface area contributed by atoms with Crippen molar-refractivity contribution >= 4 is 27.8 Å². The van der Waals surface area contributed by atoms with Gasteiger partial charge in [-0.2, -0.15) is 0 Å². The van der Waals surface area contributed by atoms with E-state index in [-0.39, 0.29) is 37.3 Å². The number of nitrogens with two attached hydrogens (primary N) is 1. The average Bonchev–Trinajstić information content (AvgIpc) is 2.61. The van der Waals surface area contributed by atoms with Crippen LogP contribution in [0.2, 0.25) is 0 Å². The topological polar surface area (TPSA) is 114 Å². The van der Waals surface area contributed by atoms with Crippen molar-refractivity contribution in [2.75, 3.05) is 19.3 Å². The highest BCUT2D eigenvalue weighted by atomic mass is 32.2. The first-order valence-corrected chi connectivity index (χ1v) is 11.0. The molecule has 0 bridgehead atoms. The van der Waals surface area contributed by atoms with Gasteiger partial charge in [-0.25, -0.2) is 26.3 Å². The van der Waals surface area contributed by atoms with E-state index in [1.54, 1.807) is 20.8 Å². The Bertz CT molecular complexity index is 916. The predicted octanol–water partition coefficient (Wildman–Crippen LogP) is 2.59. The minimum atomic E-state index is -3.94. The van der Waals surface area contributed by atoms with Gasteiger partial charge in [-0.1, -0.05) is 0 Å².